The molecule has 0 aromatic heterocycles. The van der Waals surface area contributed by atoms with Gasteiger partial charge in [-0.1, -0.05) is 17.6 Å². The van der Waals surface area contributed by atoms with Crippen LogP contribution in [0.15, 0.2) is 11.1 Å². The van der Waals surface area contributed by atoms with Gasteiger partial charge in [0.25, 0.3) is 0 Å². The molecule has 0 aromatic rings. The van der Waals surface area contributed by atoms with Gasteiger partial charge in [0.15, 0.2) is 5.78 Å². The normalized spacial score (nSPS) is 32.5. The fraction of sp³-hybridized carbons (Fsp3) is 0.688. The van der Waals surface area contributed by atoms with Crippen LogP contribution in [0.25, 0.3) is 0 Å². The molecule has 0 aromatic carbocycles. The summed E-state index contributed by atoms with van der Waals surface area (Å²) in [6, 6.07) is 0. The van der Waals surface area contributed by atoms with Crippen LogP contribution >= 0.6 is 0 Å². The van der Waals surface area contributed by atoms with Gasteiger partial charge in [0.05, 0.1) is 14.2 Å². The van der Waals surface area contributed by atoms with Gasteiger partial charge in [0.2, 0.25) is 0 Å². The lowest BCUT2D eigenvalue weighted by Gasteiger charge is -2.41. The second-order valence-corrected chi connectivity index (χ2v) is 6.24. The molecule has 2 rings (SSSR count). The van der Waals surface area contributed by atoms with Gasteiger partial charge < -0.3 is 9.47 Å². The van der Waals surface area contributed by atoms with Crippen LogP contribution in [0.5, 0.6) is 0 Å². The summed E-state index contributed by atoms with van der Waals surface area (Å²) in [5.74, 6) is -1.39. The largest absolute Gasteiger partial charge is 0.468 e. The average Bonchev–Trinajstić information content (AvgIpc) is 2.53. The van der Waals surface area contributed by atoms with E-state index in [0.29, 0.717) is 32.1 Å². The van der Waals surface area contributed by atoms with Gasteiger partial charge in [-0.3, -0.25) is 14.4 Å². The molecule has 0 unspecified atom stereocenters. The maximum atomic E-state index is 13.1. The smallest absolute Gasteiger partial charge is 0.319 e. The maximum absolute atomic E-state index is 13.1. The molecule has 1 fully saturated rings. The molecule has 0 radical (unpaired) electrons. The highest BCUT2D eigenvalue weighted by Gasteiger charge is 2.62. The van der Waals surface area contributed by atoms with E-state index in [4.69, 9.17) is 9.47 Å². The molecule has 5 nitrogen and oxygen atoms in total. The second-order valence-electron chi connectivity index (χ2n) is 6.24. The fourth-order valence-electron chi connectivity index (χ4n) is 3.85. The molecule has 2 aliphatic carbocycles. The summed E-state index contributed by atoms with van der Waals surface area (Å²) in [4.78, 5) is 37.8. The summed E-state index contributed by atoms with van der Waals surface area (Å²) in [6.45, 7) is 3.83. The third kappa shape index (κ3) is 2.10. The topological polar surface area (TPSA) is 69.7 Å². The van der Waals surface area contributed by atoms with Crippen molar-refractivity contribution in [3.8, 4) is 0 Å². The molecule has 0 amide bonds. The zero-order valence-corrected chi connectivity index (χ0v) is 13.1. The molecular formula is C16H22O5. The molecule has 0 saturated heterocycles. The number of carbonyl (C=O) groups excluding carboxylic acids is 3. The number of hydrogen-bond acceptors (Lipinski definition) is 5. The molecule has 2 aliphatic rings. The molecule has 0 N–H and O–H groups in total. The Bertz CT molecular complexity index is 489. The standard InChI is InChI=1S/C16H22O5/c1-10-8-15(13(18)20-3)6-5-7-16(12(15)17,9-11(10)2)14(19)21-4/h5-9H2,1-4H3/t15-,16+. The van der Waals surface area contributed by atoms with E-state index < -0.39 is 22.8 Å². The lowest BCUT2D eigenvalue weighted by Crippen LogP contribution is -2.54. The molecule has 0 spiro atoms. The average molecular weight is 294 g/mol. The number of rotatable bonds is 2. The quantitative estimate of drug-likeness (QED) is 0.443. The lowest BCUT2D eigenvalue weighted by atomic mass is 9.59. The van der Waals surface area contributed by atoms with E-state index in [1.54, 1.807) is 0 Å². The summed E-state index contributed by atoms with van der Waals surface area (Å²) in [6.07, 6.45) is 2.17. The van der Waals surface area contributed by atoms with Crippen molar-refractivity contribution in [3.05, 3.63) is 11.1 Å². The van der Waals surface area contributed by atoms with Crippen molar-refractivity contribution < 1.29 is 23.9 Å². The van der Waals surface area contributed by atoms with Gasteiger partial charge in [-0.15, -0.1) is 0 Å². The van der Waals surface area contributed by atoms with Crippen LogP contribution in [-0.4, -0.2) is 31.9 Å². The molecule has 1 saturated carbocycles. The van der Waals surface area contributed by atoms with Gasteiger partial charge in [-0.25, -0.2) is 0 Å². The number of fused-ring (bicyclic) bond motifs is 2. The number of ketones is 1. The predicted octanol–water partition coefficient (Wildman–Crippen LogP) is 2.19. The Morgan fingerprint density at radius 2 is 1.29 bits per heavy atom. The van der Waals surface area contributed by atoms with Crippen LogP contribution in [0, 0.1) is 10.8 Å². The van der Waals surface area contributed by atoms with Crippen molar-refractivity contribution >= 4 is 17.7 Å². The monoisotopic (exact) mass is 294 g/mol. The van der Waals surface area contributed by atoms with Crippen molar-refractivity contribution in [2.45, 2.75) is 46.0 Å². The van der Waals surface area contributed by atoms with Crippen LogP contribution in [0.4, 0.5) is 0 Å². The maximum Gasteiger partial charge on any atom is 0.319 e. The van der Waals surface area contributed by atoms with Crippen LogP contribution in [-0.2, 0) is 23.9 Å². The molecule has 116 valence electrons. The zero-order valence-electron chi connectivity index (χ0n) is 13.1. The zero-order chi connectivity index (χ0) is 15.8. The molecular weight excluding hydrogens is 272 g/mol. The number of Topliss-reactive ketones (excluding diaryl/α,β-unsaturated/α-hetero) is 1. The van der Waals surface area contributed by atoms with Gasteiger partial charge in [-0.05, 0) is 39.5 Å². The van der Waals surface area contributed by atoms with Gasteiger partial charge in [0.1, 0.15) is 10.8 Å². The molecule has 2 atom stereocenters. The van der Waals surface area contributed by atoms with E-state index in [2.05, 4.69) is 0 Å². The Hall–Kier alpha value is -1.65. The number of hydrogen-bond donors (Lipinski definition) is 0. The number of ether oxygens (including phenoxy) is 2. The van der Waals surface area contributed by atoms with E-state index in [1.807, 2.05) is 13.8 Å². The van der Waals surface area contributed by atoms with E-state index in [-0.39, 0.29) is 5.78 Å². The first kappa shape index (κ1) is 15.7. The summed E-state index contributed by atoms with van der Waals surface area (Å²) < 4.78 is 9.80. The Morgan fingerprint density at radius 1 is 0.905 bits per heavy atom. The van der Waals surface area contributed by atoms with Crippen molar-refractivity contribution in [1.29, 1.82) is 0 Å². The van der Waals surface area contributed by atoms with E-state index in [1.165, 1.54) is 14.2 Å². The summed E-state index contributed by atoms with van der Waals surface area (Å²) in [5.41, 5.74) is -0.491. The van der Waals surface area contributed by atoms with Gasteiger partial charge in [0, 0.05) is 0 Å². The van der Waals surface area contributed by atoms with Crippen molar-refractivity contribution in [2.75, 3.05) is 14.2 Å². The molecule has 21 heavy (non-hydrogen) atoms. The third-order valence-corrected chi connectivity index (χ3v) is 5.09. The number of carbonyl (C=O) groups is 3. The first-order valence-electron chi connectivity index (χ1n) is 7.21. The van der Waals surface area contributed by atoms with Crippen molar-refractivity contribution in [3.63, 3.8) is 0 Å². The molecule has 5 heteroatoms. The minimum absolute atomic E-state index is 0.323. The fourth-order valence-corrected chi connectivity index (χ4v) is 3.85. The summed E-state index contributed by atoms with van der Waals surface area (Å²) in [7, 11) is 2.57. The molecule has 0 aliphatic heterocycles. The predicted molar refractivity (Wildman–Crippen MR) is 75.4 cm³/mol. The lowest BCUT2D eigenvalue weighted by molar-refractivity contribution is -0.173. The first-order chi connectivity index (χ1) is 9.84. The first-order valence-corrected chi connectivity index (χ1v) is 7.21. The van der Waals surface area contributed by atoms with Crippen molar-refractivity contribution in [1.82, 2.24) is 0 Å². The highest BCUT2D eigenvalue weighted by Crippen LogP contribution is 2.53. The Kier molecular flexibility index (Phi) is 3.95. The Balaban J connectivity index is 2.65. The number of esters is 2. The highest BCUT2D eigenvalue weighted by molar-refractivity contribution is 6.15. The number of allylic oxidation sites excluding steroid dienone is 2. The van der Waals surface area contributed by atoms with Crippen LogP contribution < -0.4 is 0 Å². The Morgan fingerprint density at radius 3 is 1.62 bits per heavy atom. The minimum atomic E-state index is -1.23. The SMILES string of the molecule is COC(=O)[C@]12CCC[C@](C(=O)OC)(CC(C)=C(C)C1)C2=O. The van der Waals surface area contributed by atoms with E-state index in [9.17, 15) is 14.4 Å². The molecule has 2 bridgehead atoms. The van der Waals surface area contributed by atoms with Crippen molar-refractivity contribution in [2.24, 2.45) is 10.8 Å². The third-order valence-electron chi connectivity index (χ3n) is 5.09. The Labute approximate surface area is 124 Å². The van der Waals surface area contributed by atoms with Gasteiger partial charge >= 0.3 is 11.9 Å². The van der Waals surface area contributed by atoms with Crippen LogP contribution in [0.2, 0.25) is 0 Å². The second kappa shape index (κ2) is 5.28. The summed E-state index contributed by atoms with van der Waals surface area (Å²) in [5, 5.41) is 0. The van der Waals surface area contributed by atoms with Crippen LogP contribution in [0.1, 0.15) is 46.0 Å². The summed E-state index contributed by atoms with van der Waals surface area (Å²) >= 11 is 0. The van der Waals surface area contributed by atoms with E-state index >= 15 is 0 Å². The minimum Gasteiger partial charge on any atom is -0.468 e. The van der Waals surface area contributed by atoms with Gasteiger partial charge in [-0.2, -0.15) is 0 Å². The van der Waals surface area contributed by atoms with Crippen LogP contribution in [0.3, 0.4) is 0 Å². The molecule has 0 heterocycles. The number of methoxy groups -OCH3 is 2. The van der Waals surface area contributed by atoms with E-state index in [0.717, 1.165) is 11.1 Å². The highest BCUT2D eigenvalue weighted by atomic mass is 16.5.